The Morgan fingerprint density at radius 3 is 2.55 bits per heavy atom. The van der Waals surface area contributed by atoms with Crippen LogP contribution in [-0.4, -0.2) is 24.3 Å². The first kappa shape index (κ1) is 16.1. The Labute approximate surface area is 137 Å². The number of para-hydroxylation sites is 1. The van der Waals surface area contributed by atoms with E-state index < -0.39 is 5.97 Å². The molecule has 2 aromatic carbocycles. The second-order valence-electron chi connectivity index (χ2n) is 4.36. The fraction of sp³-hybridized carbons (Fsp3) is 0.118. The number of ether oxygens (including phenoxy) is 2. The summed E-state index contributed by atoms with van der Waals surface area (Å²) in [4.78, 5) is 10.6. The van der Waals surface area contributed by atoms with Crippen molar-refractivity contribution in [2.24, 2.45) is 0 Å². The lowest BCUT2D eigenvalue weighted by atomic mass is 10.2. The normalized spacial score (nSPS) is 10.6. The van der Waals surface area contributed by atoms with E-state index in [0.717, 1.165) is 16.3 Å². The lowest BCUT2D eigenvalue weighted by Gasteiger charge is -2.11. The maximum atomic E-state index is 10.6. The van der Waals surface area contributed by atoms with Crippen LogP contribution in [0.2, 0.25) is 0 Å². The number of rotatable bonds is 7. The Balaban J connectivity index is 1.93. The summed E-state index contributed by atoms with van der Waals surface area (Å²) < 4.78 is 12.1. The van der Waals surface area contributed by atoms with Crippen LogP contribution in [0.1, 0.15) is 5.56 Å². The van der Waals surface area contributed by atoms with E-state index >= 15 is 0 Å². The molecule has 0 aliphatic heterocycles. The monoisotopic (exact) mass is 362 g/mol. The van der Waals surface area contributed by atoms with Gasteiger partial charge in [0.05, 0.1) is 0 Å². The molecule has 0 saturated heterocycles. The third-order valence-corrected chi connectivity index (χ3v) is 3.22. The van der Waals surface area contributed by atoms with E-state index in [1.165, 1.54) is 6.08 Å². The maximum absolute atomic E-state index is 10.6. The molecule has 22 heavy (non-hydrogen) atoms. The molecule has 5 heteroatoms. The van der Waals surface area contributed by atoms with E-state index in [4.69, 9.17) is 14.6 Å². The van der Waals surface area contributed by atoms with Crippen molar-refractivity contribution in [1.29, 1.82) is 0 Å². The number of hydrogen-bond donors (Lipinski definition) is 1. The largest absolute Gasteiger partial charge is 0.490 e. The Bertz CT molecular complexity index is 653. The van der Waals surface area contributed by atoms with Crippen molar-refractivity contribution in [2.75, 3.05) is 13.2 Å². The Morgan fingerprint density at radius 2 is 1.82 bits per heavy atom. The smallest absolute Gasteiger partial charge is 0.328 e. The zero-order valence-electron chi connectivity index (χ0n) is 11.7. The van der Waals surface area contributed by atoms with Gasteiger partial charge in [-0.25, -0.2) is 4.79 Å². The highest BCUT2D eigenvalue weighted by atomic mass is 79.9. The standard InChI is InChI=1S/C17H15BrO4/c18-14-7-8-16(13(12-14)6-9-17(19)20)22-11-10-21-15-4-2-1-3-5-15/h1-9,12H,10-11H2,(H,19,20). The zero-order chi connectivity index (χ0) is 15.8. The van der Waals surface area contributed by atoms with Gasteiger partial charge in [-0.2, -0.15) is 0 Å². The molecule has 0 aliphatic carbocycles. The molecule has 2 rings (SSSR count). The van der Waals surface area contributed by atoms with Crippen LogP contribution in [0.25, 0.3) is 6.08 Å². The van der Waals surface area contributed by atoms with Crippen molar-refractivity contribution < 1.29 is 19.4 Å². The summed E-state index contributed by atoms with van der Waals surface area (Å²) in [5.41, 5.74) is 0.691. The van der Waals surface area contributed by atoms with Crippen LogP contribution in [-0.2, 0) is 4.79 Å². The molecule has 114 valence electrons. The lowest BCUT2D eigenvalue weighted by Crippen LogP contribution is -2.09. The molecule has 0 atom stereocenters. The van der Waals surface area contributed by atoms with E-state index in [2.05, 4.69) is 15.9 Å². The minimum absolute atomic E-state index is 0.366. The van der Waals surface area contributed by atoms with Gasteiger partial charge in [-0.1, -0.05) is 34.1 Å². The van der Waals surface area contributed by atoms with Gasteiger partial charge in [-0.3, -0.25) is 0 Å². The summed E-state index contributed by atoms with van der Waals surface area (Å²) in [6, 6.07) is 14.9. The molecule has 2 aromatic rings. The van der Waals surface area contributed by atoms with E-state index in [9.17, 15) is 4.79 Å². The number of benzene rings is 2. The van der Waals surface area contributed by atoms with E-state index in [-0.39, 0.29) is 0 Å². The predicted octanol–water partition coefficient (Wildman–Crippen LogP) is 4.00. The number of halogens is 1. The van der Waals surface area contributed by atoms with E-state index in [1.807, 2.05) is 36.4 Å². The first-order valence-electron chi connectivity index (χ1n) is 6.66. The van der Waals surface area contributed by atoms with Gasteiger partial charge in [0.25, 0.3) is 0 Å². The first-order chi connectivity index (χ1) is 10.6. The van der Waals surface area contributed by atoms with E-state index in [0.29, 0.717) is 24.5 Å². The Kier molecular flexibility index (Phi) is 6.03. The van der Waals surface area contributed by atoms with Crippen LogP contribution in [0, 0.1) is 0 Å². The van der Waals surface area contributed by atoms with Crippen LogP contribution in [0.3, 0.4) is 0 Å². The van der Waals surface area contributed by atoms with Crippen LogP contribution in [0.5, 0.6) is 11.5 Å². The number of aliphatic carboxylic acids is 1. The minimum atomic E-state index is -1.00. The highest BCUT2D eigenvalue weighted by Crippen LogP contribution is 2.24. The molecular weight excluding hydrogens is 348 g/mol. The van der Waals surface area contributed by atoms with Crippen molar-refractivity contribution in [2.45, 2.75) is 0 Å². The summed E-state index contributed by atoms with van der Waals surface area (Å²) in [7, 11) is 0. The number of hydrogen-bond acceptors (Lipinski definition) is 3. The molecule has 0 spiro atoms. The summed E-state index contributed by atoms with van der Waals surface area (Å²) in [6.07, 6.45) is 2.58. The molecule has 0 unspecified atom stereocenters. The van der Waals surface area contributed by atoms with Crippen molar-refractivity contribution in [3.05, 3.63) is 64.6 Å². The molecular formula is C17H15BrO4. The topological polar surface area (TPSA) is 55.8 Å². The van der Waals surface area contributed by atoms with Gasteiger partial charge in [-0.05, 0) is 36.4 Å². The summed E-state index contributed by atoms with van der Waals surface area (Å²) in [6.45, 7) is 0.770. The Hall–Kier alpha value is -2.27. The highest BCUT2D eigenvalue weighted by molar-refractivity contribution is 9.10. The van der Waals surface area contributed by atoms with Crippen molar-refractivity contribution in [3.63, 3.8) is 0 Å². The third kappa shape index (κ3) is 5.26. The molecule has 0 heterocycles. The summed E-state index contributed by atoms with van der Waals surface area (Å²) in [5, 5.41) is 8.72. The quantitative estimate of drug-likeness (QED) is 0.597. The number of carboxylic acid groups (broad SMARTS) is 1. The van der Waals surface area contributed by atoms with Crippen LogP contribution in [0.4, 0.5) is 0 Å². The molecule has 0 radical (unpaired) electrons. The van der Waals surface area contributed by atoms with Crippen molar-refractivity contribution >= 4 is 28.0 Å². The first-order valence-corrected chi connectivity index (χ1v) is 7.45. The highest BCUT2D eigenvalue weighted by Gasteiger charge is 2.03. The third-order valence-electron chi connectivity index (χ3n) is 2.73. The number of carbonyl (C=O) groups is 1. The molecule has 0 saturated carbocycles. The van der Waals surface area contributed by atoms with Crippen LogP contribution < -0.4 is 9.47 Å². The fourth-order valence-electron chi connectivity index (χ4n) is 1.77. The molecule has 0 amide bonds. The van der Waals surface area contributed by atoms with Gasteiger partial charge in [0.1, 0.15) is 24.7 Å². The summed E-state index contributed by atoms with van der Waals surface area (Å²) >= 11 is 3.35. The van der Waals surface area contributed by atoms with E-state index in [1.54, 1.807) is 12.1 Å². The van der Waals surface area contributed by atoms with Gasteiger partial charge in [0.15, 0.2) is 0 Å². The molecule has 0 fully saturated rings. The van der Waals surface area contributed by atoms with Gasteiger partial charge < -0.3 is 14.6 Å². The lowest BCUT2D eigenvalue weighted by molar-refractivity contribution is -0.131. The van der Waals surface area contributed by atoms with Gasteiger partial charge >= 0.3 is 5.97 Å². The van der Waals surface area contributed by atoms with Crippen molar-refractivity contribution in [3.8, 4) is 11.5 Å². The maximum Gasteiger partial charge on any atom is 0.328 e. The minimum Gasteiger partial charge on any atom is -0.490 e. The predicted molar refractivity (Wildman–Crippen MR) is 88.2 cm³/mol. The molecule has 0 aliphatic rings. The molecule has 0 aromatic heterocycles. The van der Waals surface area contributed by atoms with Crippen LogP contribution >= 0.6 is 15.9 Å². The SMILES string of the molecule is O=C(O)C=Cc1cc(Br)ccc1OCCOc1ccccc1. The average molecular weight is 363 g/mol. The second kappa shape index (κ2) is 8.24. The fourth-order valence-corrected chi connectivity index (χ4v) is 2.15. The average Bonchev–Trinajstić information content (AvgIpc) is 2.52. The number of carboxylic acids is 1. The summed E-state index contributed by atoms with van der Waals surface area (Å²) in [5.74, 6) is 0.392. The van der Waals surface area contributed by atoms with Gasteiger partial charge in [0.2, 0.25) is 0 Å². The van der Waals surface area contributed by atoms with Crippen molar-refractivity contribution in [1.82, 2.24) is 0 Å². The molecule has 4 nitrogen and oxygen atoms in total. The molecule has 1 N–H and O–H groups in total. The van der Waals surface area contributed by atoms with Gasteiger partial charge in [-0.15, -0.1) is 0 Å². The van der Waals surface area contributed by atoms with Gasteiger partial charge in [0, 0.05) is 16.1 Å². The second-order valence-corrected chi connectivity index (χ2v) is 5.28. The van der Waals surface area contributed by atoms with Crippen LogP contribution in [0.15, 0.2) is 59.1 Å². The molecule has 0 bridgehead atoms. The Morgan fingerprint density at radius 1 is 1.09 bits per heavy atom. The zero-order valence-corrected chi connectivity index (χ0v) is 13.3.